The van der Waals surface area contributed by atoms with Crippen molar-refractivity contribution >= 4 is 11.9 Å². The van der Waals surface area contributed by atoms with Crippen LogP contribution in [0, 0.1) is 11.8 Å². The molecule has 0 aromatic rings. The molecule has 0 atom stereocenters. The van der Waals surface area contributed by atoms with Crippen molar-refractivity contribution in [2.75, 3.05) is 13.2 Å². The molecule has 0 unspecified atom stereocenters. The van der Waals surface area contributed by atoms with E-state index in [9.17, 15) is 9.59 Å². The summed E-state index contributed by atoms with van der Waals surface area (Å²) in [6, 6.07) is 0. The van der Waals surface area contributed by atoms with Crippen LogP contribution in [0.2, 0.25) is 0 Å². The topological polar surface area (TPSA) is 55.4 Å². The van der Waals surface area contributed by atoms with Crippen LogP contribution < -0.4 is 5.32 Å². The van der Waals surface area contributed by atoms with E-state index in [0.29, 0.717) is 6.54 Å². The second-order valence-electron chi connectivity index (χ2n) is 2.36. The van der Waals surface area contributed by atoms with Crippen LogP contribution in [-0.4, -0.2) is 25.0 Å². The molecule has 0 aromatic carbocycles. The number of rotatable bonds is 4. The number of carbonyl (C=O) groups excluding carboxylic acids is 2. The highest BCUT2D eigenvalue weighted by Crippen LogP contribution is 1.78. The van der Waals surface area contributed by atoms with Crippen LogP contribution in [0.5, 0.6) is 0 Å². The van der Waals surface area contributed by atoms with Gasteiger partial charge in [0.15, 0.2) is 0 Å². The lowest BCUT2D eigenvalue weighted by Crippen LogP contribution is -2.21. The molecule has 1 amide bonds. The number of amides is 1. The first-order chi connectivity index (χ1) is 6.66. The molecule has 0 saturated heterocycles. The molecule has 0 heterocycles. The smallest absolute Gasteiger partial charge is 0.302 e. The molecule has 0 aliphatic heterocycles. The van der Waals surface area contributed by atoms with Gasteiger partial charge in [-0.05, 0) is 18.9 Å². The minimum atomic E-state index is -0.324. The fourth-order valence-electron chi connectivity index (χ4n) is 0.626. The van der Waals surface area contributed by atoms with E-state index in [1.807, 2.05) is 0 Å². The van der Waals surface area contributed by atoms with Crippen LogP contribution >= 0.6 is 0 Å². The molecule has 0 aliphatic carbocycles. The van der Waals surface area contributed by atoms with Crippen molar-refractivity contribution in [3.05, 3.63) is 12.2 Å². The molecule has 1 N–H and O–H groups in total. The van der Waals surface area contributed by atoms with Gasteiger partial charge in [0.2, 0.25) is 0 Å². The summed E-state index contributed by atoms with van der Waals surface area (Å²) >= 11 is 0. The van der Waals surface area contributed by atoms with Crippen molar-refractivity contribution in [2.24, 2.45) is 0 Å². The third-order valence-corrected chi connectivity index (χ3v) is 1.17. The van der Waals surface area contributed by atoms with E-state index < -0.39 is 0 Å². The maximum atomic E-state index is 10.8. The number of hydrogen-bond acceptors (Lipinski definition) is 3. The third kappa shape index (κ3) is 8.34. The zero-order valence-electron chi connectivity index (χ0n) is 8.29. The first-order valence-corrected chi connectivity index (χ1v) is 4.15. The Hall–Kier alpha value is -1.76. The van der Waals surface area contributed by atoms with Crippen LogP contribution in [0.3, 0.4) is 0 Å². The molecule has 0 rings (SSSR count). The summed E-state index contributed by atoms with van der Waals surface area (Å²) in [7, 11) is 0. The second kappa shape index (κ2) is 7.87. The highest BCUT2D eigenvalue weighted by molar-refractivity contribution is 5.93. The Morgan fingerprint density at radius 2 is 2.14 bits per heavy atom. The summed E-state index contributed by atoms with van der Waals surface area (Å²) in [5.74, 6) is 4.18. The molecule has 0 fully saturated rings. The van der Waals surface area contributed by atoms with E-state index in [1.54, 1.807) is 19.1 Å². The number of ether oxygens (including phenoxy) is 1. The number of nitrogens with one attached hydrogen (secondary N) is 1. The van der Waals surface area contributed by atoms with Gasteiger partial charge in [0.1, 0.15) is 6.61 Å². The van der Waals surface area contributed by atoms with Crippen molar-refractivity contribution in [3.63, 3.8) is 0 Å². The lowest BCUT2D eigenvalue weighted by molar-refractivity contribution is -0.139. The summed E-state index contributed by atoms with van der Waals surface area (Å²) < 4.78 is 4.63. The Balaban J connectivity index is 3.47. The maximum Gasteiger partial charge on any atom is 0.302 e. The van der Waals surface area contributed by atoms with Gasteiger partial charge in [0.25, 0.3) is 5.91 Å². The van der Waals surface area contributed by atoms with Gasteiger partial charge < -0.3 is 10.1 Å². The van der Waals surface area contributed by atoms with Crippen LogP contribution in [-0.2, 0) is 14.3 Å². The fraction of sp³-hybridized carbons (Fsp3) is 0.400. The summed E-state index contributed by atoms with van der Waals surface area (Å²) in [6.45, 7) is 3.54. The first-order valence-electron chi connectivity index (χ1n) is 4.15. The lowest BCUT2D eigenvalue weighted by atomic mass is 10.5. The van der Waals surface area contributed by atoms with Crippen LogP contribution in [0.4, 0.5) is 0 Å². The normalized spacial score (nSPS) is 9.00. The van der Waals surface area contributed by atoms with Gasteiger partial charge in [-0.25, -0.2) is 0 Å². The SMILES string of the molecule is CC#CC(=O)NC/C=C\COC(C)=O. The summed E-state index contributed by atoms with van der Waals surface area (Å²) in [4.78, 5) is 21.1. The van der Waals surface area contributed by atoms with Crippen LogP contribution in [0.15, 0.2) is 12.2 Å². The summed E-state index contributed by atoms with van der Waals surface area (Å²) in [5, 5.41) is 2.53. The summed E-state index contributed by atoms with van der Waals surface area (Å²) in [5.41, 5.74) is 0. The van der Waals surface area contributed by atoms with Gasteiger partial charge in [0, 0.05) is 13.5 Å². The molecule has 0 saturated carbocycles. The highest BCUT2D eigenvalue weighted by atomic mass is 16.5. The van der Waals surface area contributed by atoms with Gasteiger partial charge in [-0.3, -0.25) is 9.59 Å². The minimum absolute atomic E-state index is 0.227. The largest absolute Gasteiger partial charge is 0.462 e. The average molecular weight is 195 g/mol. The molecular formula is C10H13NO3. The zero-order chi connectivity index (χ0) is 10.8. The van der Waals surface area contributed by atoms with Crippen molar-refractivity contribution < 1.29 is 14.3 Å². The molecule has 0 aromatic heterocycles. The molecule has 4 nitrogen and oxygen atoms in total. The highest BCUT2D eigenvalue weighted by Gasteiger charge is 1.90. The Kier molecular flexibility index (Phi) is 6.88. The minimum Gasteiger partial charge on any atom is -0.462 e. The molecule has 0 bridgehead atoms. The predicted octanol–water partition coefficient (Wildman–Crippen LogP) is 0.245. The van der Waals surface area contributed by atoms with Crippen molar-refractivity contribution in [3.8, 4) is 11.8 Å². The van der Waals surface area contributed by atoms with Crippen molar-refractivity contribution in [1.29, 1.82) is 0 Å². The van der Waals surface area contributed by atoms with E-state index in [2.05, 4.69) is 21.9 Å². The molecule has 4 heteroatoms. The Labute approximate surface area is 83.3 Å². The van der Waals surface area contributed by atoms with E-state index in [4.69, 9.17) is 0 Å². The van der Waals surface area contributed by atoms with E-state index in [1.165, 1.54) is 6.92 Å². The number of esters is 1. The molecule has 76 valence electrons. The summed E-state index contributed by atoms with van der Waals surface area (Å²) in [6.07, 6.45) is 3.35. The third-order valence-electron chi connectivity index (χ3n) is 1.17. The number of hydrogen-bond donors (Lipinski definition) is 1. The maximum absolute atomic E-state index is 10.8. The quantitative estimate of drug-likeness (QED) is 0.397. The Bertz CT molecular complexity index is 283. The van der Waals surface area contributed by atoms with E-state index >= 15 is 0 Å². The van der Waals surface area contributed by atoms with Gasteiger partial charge in [0.05, 0.1) is 0 Å². The van der Waals surface area contributed by atoms with Crippen LogP contribution in [0.1, 0.15) is 13.8 Å². The standard InChI is InChI=1S/C10H13NO3/c1-3-6-10(13)11-7-4-5-8-14-9(2)12/h4-5H,7-8H2,1-2H3,(H,11,13)/b5-4-. The second-order valence-corrected chi connectivity index (χ2v) is 2.36. The Morgan fingerprint density at radius 3 is 2.71 bits per heavy atom. The molecule has 0 spiro atoms. The van der Waals surface area contributed by atoms with Gasteiger partial charge in [-0.15, -0.1) is 0 Å². The lowest BCUT2D eigenvalue weighted by Gasteiger charge is -1.95. The Morgan fingerprint density at radius 1 is 1.43 bits per heavy atom. The molecular weight excluding hydrogens is 182 g/mol. The van der Waals surface area contributed by atoms with Crippen molar-refractivity contribution in [1.82, 2.24) is 5.32 Å². The van der Waals surface area contributed by atoms with E-state index in [-0.39, 0.29) is 18.5 Å². The van der Waals surface area contributed by atoms with Crippen molar-refractivity contribution in [2.45, 2.75) is 13.8 Å². The van der Waals surface area contributed by atoms with Gasteiger partial charge in [-0.2, -0.15) is 0 Å². The van der Waals surface area contributed by atoms with Gasteiger partial charge in [-0.1, -0.05) is 12.0 Å². The molecule has 0 radical (unpaired) electrons. The zero-order valence-corrected chi connectivity index (χ0v) is 8.29. The molecule has 14 heavy (non-hydrogen) atoms. The fourth-order valence-corrected chi connectivity index (χ4v) is 0.626. The predicted molar refractivity (Wildman–Crippen MR) is 52.2 cm³/mol. The average Bonchev–Trinajstić information content (AvgIpc) is 2.11. The monoisotopic (exact) mass is 195 g/mol. The van der Waals surface area contributed by atoms with Crippen LogP contribution in [0.25, 0.3) is 0 Å². The van der Waals surface area contributed by atoms with Gasteiger partial charge >= 0.3 is 5.97 Å². The molecule has 0 aliphatic rings. The first kappa shape index (κ1) is 12.2. The number of carbonyl (C=O) groups is 2. The van der Waals surface area contributed by atoms with E-state index in [0.717, 1.165) is 0 Å².